The molecule has 1 rings (SSSR count). The van der Waals surface area contributed by atoms with Crippen molar-refractivity contribution in [3.05, 3.63) is 17.0 Å². The lowest BCUT2D eigenvalue weighted by Gasteiger charge is -2.24. The molecule has 0 bridgehead atoms. The lowest BCUT2D eigenvalue weighted by molar-refractivity contribution is -0.136. The number of methoxy groups -OCH3 is 1. The second-order valence-electron chi connectivity index (χ2n) is 4.71. The number of thiophene rings is 1. The van der Waals surface area contributed by atoms with E-state index in [9.17, 15) is 13.2 Å². The van der Waals surface area contributed by atoms with Gasteiger partial charge in [-0.3, -0.25) is 4.79 Å². The SMILES string of the molecule is COCC(C)(C)NS(=O)(=O)c1ccc(CC(=O)O)s1. The predicted octanol–water partition coefficient (Wildman–Crippen LogP) is 1.08. The number of rotatable bonds is 7. The number of hydrogen-bond acceptors (Lipinski definition) is 5. The van der Waals surface area contributed by atoms with Crippen LogP contribution in [0.1, 0.15) is 18.7 Å². The van der Waals surface area contributed by atoms with Crippen LogP contribution in [-0.2, 0) is 26.0 Å². The predicted molar refractivity (Wildman–Crippen MR) is 71.9 cm³/mol. The van der Waals surface area contributed by atoms with E-state index in [1.54, 1.807) is 13.8 Å². The van der Waals surface area contributed by atoms with Crippen LogP contribution in [0.5, 0.6) is 0 Å². The standard InChI is InChI=1S/C11H17NO5S2/c1-11(2,7-17-3)12-19(15,16)10-5-4-8(18-10)6-9(13)14/h4-5,12H,6-7H2,1-3H3,(H,13,14). The first-order valence-electron chi connectivity index (χ1n) is 5.50. The van der Waals surface area contributed by atoms with Crippen molar-refractivity contribution in [1.29, 1.82) is 0 Å². The van der Waals surface area contributed by atoms with E-state index in [0.29, 0.717) is 4.88 Å². The number of carboxylic acid groups (broad SMARTS) is 1. The van der Waals surface area contributed by atoms with Crippen molar-refractivity contribution in [1.82, 2.24) is 4.72 Å². The molecule has 1 aromatic heterocycles. The van der Waals surface area contributed by atoms with Gasteiger partial charge in [-0.25, -0.2) is 13.1 Å². The minimum atomic E-state index is -3.66. The molecule has 8 heteroatoms. The first-order chi connectivity index (χ1) is 8.66. The number of sulfonamides is 1. The molecule has 1 aromatic rings. The zero-order valence-corrected chi connectivity index (χ0v) is 12.6. The van der Waals surface area contributed by atoms with Crippen molar-refractivity contribution < 1.29 is 23.1 Å². The van der Waals surface area contributed by atoms with Crippen LogP contribution in [0, 0.1) is 0 Å². The van der Waals surface area contributed by atoms with Crippen molar-refractivity contribution in [3.8, 4) is 0 Å². The highest BCUT2D eigenvalue weighted by Crippen LogP contribution is 2.23. The van der Waals surface area contributed by atoms with Gasteiger partial charge in [0.2, 0.25) is 0 Å². The molecule has 2 N–H and O–H groups in total. The van der Waals surface area contributed by atoms with Gasteiger partial charge >= 0.3 is 5.97 Å². The summed E-state index contributed by atoms with van der Waals surface area (Å²) in [5, 5.41) is 8.66. The van der Waals surface area contributed by atoms with Crippen LogP contribution < -0.4 is 4.72 Å². The van der Waals surface area contributed by atoms with Gasteiger partial charge in [0.25, 0.3) is 10.0 Å². The summed E-state index contributed by atoms with van der Waals surface area (Å²) in [7, 11) is -2.17. The van der Waals surface area contributed by atoms with Crippen LogP contribution in [0.25, 0.3) is 0 Å². The molecular formula is C11H17NO5S2. The van der Waals surface area contributed by atoms with E-state index in [1.807, 2.05) is 0 Å². The highest BCUT2D eigenvalue weighted by atomic mass is 32.2. The summed E-state index contributed by atoms with van der Waals surface area (Å²) >= 11 is 0.955. The number of ether oxygens (including phenoxy) is 1. The Morgan fingerprint density at radius 3 is 2.63 bits per heavy atom. The molecule has 0 aliphatic carbocycles. The normalized spacial score (nSPS) is 12.6. The van der Waals surface area contributed by atoms with Crippen LogP contribution in [0.2, 0.25) is 0 Å². The zero-order valence-electron chi connectivity index (χ0n) is 11.0. The quantitative estimate of drug-likeness (QED) is 0.786. The smallest absolute Gasteiger partial charge is 0.308 e. The molecule has 0 radical (unpaired) electrons. The average Bonchev–Trinajstić information content (AvgIpc) is 2.63. The van der Waals surface area contributed by atoms with E-state index in [2.05, 4.69) is 4.72 Å². The Morgan fingerprint density at radius 2 is 2.11 bits per heavy atom. The van der Waals surface area contributed by atoms with Gasteiger partial charge in [0.15, 0.2) is 0 Å². The maximum absolute atomic E-state index is 12.1. The molecule has 0 saturated heterocycles. The fourth-order valence-electron chi connectivity index (χ4n) is 1.55. The molecule has 19 heavy (non-hydrogen) atoms. The molecular weight excluding hydrogens is 290 g/mol. The summed E-state index contributed by atoms with van der Waals surface area (Å²) in [6.45, 7) is 3.65. The Balaban J connectivity index is 2.89. The number of nitrogens with one attached hydrogen (secondary N) is 1. The Bertz CT molecular complexity index is 547. The van der Waals surface area contributed by atoms with Gasteiger partial charge in [0.1, 0.15) is 4.21 Å². The summed E-state index contributed by atoms with van der Waals surface area (Å²) in [5.74, 6) is -0.988. The van der Waals surface area contributed by atoms with Crippen LogP contribution in [0.15, 0.2) is 16.3 Å². The third-order valence-electron chi connectivity index (χ3n) is 2.14. The molecule has 0 unspecified atom stereocenters. The van der Waals surface area contributed by atoms with Gasteiger partial charge in [0, 0.05) is 12.0 Å². The molecule has 0 aliphatic heterocycles. The highest BCUT2D eigenvalue weighted by molar-refractivity contribution is 7.91. The summed E-state index contributed by atoms with van der Waals surface area (Å²) < 4.78 is 31.8. The number of aliphatic carboxylic acids is 1. The third-order valence-corrected chi connectivity index (χ3v) is 5.42. The number of carboxylic acids is 1. The summed E-state index contributed by atoms with van der Waals surface area (Å²) in [6.07, 6.45) is -0.179. The topological polar surface area (TPSA) is 92.7 Å². The van der Waals surface area contributed by atoms with Gasteiger partial charge < -0.3 is 9.84 Å². The van der Waals surface area contributed by atoms with Gasteiger partial charge in [0.05, 0.1) is 18.6 Å². The minimum Gasteiger partial charge on any atom is -0.481 e. The molecule has 0 fully saturated rings. The van der Waals surface area contributed by atoms with Crippen molar-refractivity contribution >= 4 is 27.3 Å². The van der Waals surface area contributed by atoms with Crippen LogP contribution >= 0.6 is 11.3 Å². The summed E-state index contributed by atoms with van der Waals surface area (Å²) in [6, 6.07) is 2.92. The van der Waals surface area contributed by atoms with Crippen LogP contribution in [0.4, 0.5) is 0 Å². The summed E-state index contributed by atoms with van der Waals surface area (Å²) in [5.41, 5.74) is -0.732. The highest BCUT2D eigenvalue weighted by Gasteiger charge is 2.27. The Hall–Kier alpha value is -0.960. The molecule has 0 aromatic carbocycles. The minimum absolute atomic E-state index is 0.105. The molecule has 6 nitrogen and oxygen atoms in total. The monoisotopic (exact) mass is 307 g/mol. The Morgan fingerprint density at radius 1 is 1.47 bits per heavy atom. The Labute approximate surface area is 116 Å². The largest absolute Gasteiger partial charge is 0.481 e. The molecule has 0 spiro atoms. The molecule has 0 saturated carbocycles. The van der Waals surface area contributed by atoms with Crippen molar-refractivity contribution in [2.75, 3.05) is 13.7 Å². The van der Waals surface area contributed by atoms with Crippen LogP contribution in [-0.4, -0.2) is 38.7 Å². The van der Waals surface area contributed by atoms with Crippen LogP contribution in [0.3, 0.4) is 0 Å². The maximum atomic E-state index is 12.1. The molecule has 0 aliphatic rings. The van der Waals surface area contributed by atoms with E-state index in [0.717, 1.165) is 11.3 Å². The number of carbonyl (C=O) groups is 1. The van der Waals surface area contributed by atoms with E-state index in [4.69, 9.17) is 9.84 Å². The fraction of sp³-hybridized carbons (Fsp3) is 0.545. The lowest BCUT2D eigenvalue weighted by Crippen LogP contribution is -2.46. The number of hydrogen-bond donors (Lipinski definition) is 2. The van der Waals surface area contributed by atoms with Crippen molar-refractivity contribution in [2.45, 2.75) is 30.0 Å². The summed E-state index contributed by atoms with van der Waals surface area (Å²) in [4.78, 5) is 11.1. The maximum Gasteiger partial charge on any atom is 0.308 e. The fourth-order valence-corrected chi connectivity index (χ4v) is 4.30. The molecule has 108 valence electrons. The van der Waals surface area contributed by atoms with Crippen molar-refractivity contribution in [2.24, 2.45) is 0 Å². The van der Waals surface area contributed by atoms with Gasteiger partial charge in [-0.1, -0.05) is 0 Å². The van der Waals surface area contributed by atoms with E-state index in [1.165, 1.54) is 19.2 Å². The second kappa shape index (κ2) is 6.00. The molecule has 1 heterocycles. The van der Waals surface area contributed by atoms with Gasteiger partial charge in [-0.2, -0.15) is 0 Å². The van der Waals surface area contributed by atoms with E-state index < -0.39 is 21.5 Å². The lowest BCUT2D eigenvalue weighted by atomic mass is 10.1. The second-order valence-corrected chi connectivity index (χ2v) is 7.79. The average molecular weight is 307 g/mol. The Kier molecular flexibility index (Phi) is 5.08. The third kappa shape index (κ3) is 4.90. The molecule has 0 amide bonds. The van der Waals surface area contributed by atoms with E-state index in [-0.39, 0.29) is 17.2 Å². The first-order valence-corrected chi connectivity index (χ1v) is 7.80. The van der Waals surface area contributed by atoms with Gasteiger partial charge in [-0.15, -0.1) is 11.3 Å². The van der Waals surface area contributed by atoms with E-state index >= 15 is 0 Å². The van der Waals surface area contributed by atoms with Gasteiger partial charge in [-0.05, 0) is 26.0 Å². The van der Waals surface area contributed by atoms with Crippen molar-refractivity contribution in [3.63, 3.8) is 0 Å². The zero-order chi connectivity index (χ0) is 14.7. The molecule has 0 atom stereocenters. The first kappa shape index (κ1) is 16.1.